The van der Waals surface area contributed by atoms with Crippen molar-refractivity contribution in [2.24, 2.45) is 0 Å². The average molecular weight is 363 g/mol. The lowest BCUT2D eigenvalue weighted by molar-refractivity contribution is -0.153. The molecule has 7 heteroatoms. The fourth-order valence-electron chi connectivity index (χ4n) is 1.91. The van der Waals surface area contributed by atoms with Crippen LogP contribution in [-0.2, 0) is 14.3 Å². The van der Waals surface area contributed by atoms with Crippen LogP contribution in [0.3, 0.4) is 0 Å². The predicted molar refractivity (Wildman–Crippen MR) is 94.6 cm³/mol. The number of amides is 1. The molecule has 2 aromatic rings. The van der Waals surface area contributed by atoms with Crippen LogP contribution in [0.15, 0.2) is 48.7 Å². The topological polar surface area (TPSA) is 77.5 Å². The molecule has 2 rings (SSSR count). The zero-order chi connectivity index (χ0) is 18.1. The third-order valence-electron chi connectivity index (χ3n) is 3.19. The second kappa shape index (κ2) is 9.64. The van der Waals surface area contributed by atoms with Gasteiger partial charge in [0.15, 0.2) is 6.10 Å². The standard InChI is InChI=1S/C18H19ClN2O4/c1-13(18(23)21-16-10-9-14(19)12-20-16)25-17(22)8-5-11-24-15-6-3-2-4-7-15/h2-4,6-7,9-10,12-13H,5,8,11H2,1H3,(H,20,21,23)/t13-/m1/s1. The maximum Gasteiger partial charge on any atom is 0.306 e. The Hall–Kier alpha value is -2.60. The van der Waals surface area contributed by atoms with Crippen LogP contribution < -0.4 is 10.1 Å². The number of hydrogen-bond donors (Lipinski definition) is 1. The number of halogens is 1. The lowest BCUT2D eigenvalue weighted by Gasteiger charge is -2.13. The summed E-state index contributed by atoms with van der Waals surface area (Å²) in [6, 6.07) is 12.5. The van der Waals surface area contributed by atoms with Crippen LogP contribution >= 0.6 is 11.6 Å². The SMILES string of the molecule is C[C@@H](OC(=O)CCCOc1ccccc1)C(=O)Nc1ccc(Cl)cn1. The van der Waals surface area contributed by atoms with E-state index in [0.717, 1.165) is 5.75 Å². The number of esters is 1. The van der Waals surface area contributed by atoms with Gasteiger partial charge in [-0.1, -0.05) is 29.8 Å². The molecule has 0 unspecified atom stereocenters. The van der Waals surface area contributed by atoms with Crippen molar-refractivity contribution in [1.29, 1.82) is 0 Å². The quantitative estimate of drug-likeness (QED) is 0.574. The van der Waals surface area contributed by atoms with E-state index in [0.29, 0.717) is 23.9 Å². The van der Waals surface area contributed by atoms with Gasteiger partial charge in [-0.25, -0.2) is 4.98 Å². The molecule has 6 nitrogen and oxygen atoms in total. The summed E-state index contributed by atoms with van der Waals surface area (Å²) in [5.41, 5.74) is 0. The summed E-state index contributed by atoms with van der Waals surface area (Å²) >= 11 is 5.72. The zero-order valence-electron chi connectivity index (χ0n) is 13.8. The summed E-state index contributed by atoms with van der Waals surface area (Å²) in [5, 5.41) is 3.02. The Labute approximate surface area is 151 Å². The highest BCUT2D eigenvalue weighted by molar-refractivity contribution is 6.30. The maximum atomic E-state index is 12.0. The van der Waals surface area contributed by atoms with Gasteiger partial charge in [0.05, 0.1) is 11.6 Å². The van der Waals surface area contributed by atoms with Gasteiger partial charge in [-0.3, -0.25) is 9.59 Å². The highest BCUT2D eigenvalue weighted by Gasteiger charge is 2.18. The Morgan fingerprint density at radius 1 is 1.20 bits per heavy atom. The van der Waals surface area contributed by atoms with E-state index in [4.69, 9.17) is 21.1 Å². The van der Waals surface area contributed by atoms with Crippen LogP contribution in [0.1, 0.15) is 19.8 Å². The van der Waals surface area contributed by atoms with E-state index in [-0.39, 0.29) is 6.42 Å². The summed E-state index contributed by atoms with van der Waals surface area (Å²) in [5.74, 6) is 0.180. The minimum Gasteiger partial charge on any atom is -0.494 e. The maximum absolute atomic E-state index is 12.0. The summed E-state index contributed by atoms with van der Waals surface area (Å²) in [6.45, 7) is 1.90. The van der Waals surface area contributed by atoms with Crippen molar-refractivity contribution in [1.82, 2.24) is 4.98 Å². The Balaban J connectivity index is 1.66. The van der Waals surface area contributed by atoms with Gasteiger partial charge in [0.25, 0.3) is 5.91 Å². The number of aromatic nitrogens is 1. The highest BCUT2D eigenvalue weighted by atomic mass is 35.5. The first-order valence-corrected chi connectivity index (χ1v) is 8.22. The van der Waals surface area contributed by atoms with Crippen molar-refractivity contribution in [3.05, 3.63) is 53.7 Å². The van der Waals surface area contributed by atoms with E-state index in [9.17, 15) is 9.59 Å². The summed E-state index contributed by atoms with van der Waals surface area (Å²) in [4.78, 5) is 27.7. The smallest absolute Gasteiger partial charge is 0.306 e. The first-order valence-electron chi connectivity index (χ1n) is 7.84. The molecule has 0 aliphatic rings. The van der Waals surface area contributed by atoms with Crippen LogP contribution in [0.2, 0.25) is 5.02 Å². The number of nitrogens with zero attached hydrogens (tertiary/aromatic N) is 1. The van der Waals surface area contributed by atoms with Gasteiger partial charge < -0.3 is 14.8 Å². The molecule has 0 fully saturated rings. The lowest BCUT2D eigenvalue weighted by atomic mass is 10.3. The Kier molecular flexibility index (Phi) is 7.22. The highest BCUT2D eigenvalue weighted by Crippen LogP contribution is 2.11. The van der Waals surface area contributed by atoms with Crippen LogP contribution in [0.5, 0.6) is 5.75 Å². The number of nitrogens with one attached hydrogen (secondary N) is 1. The number of anilines is 1. The molecule has 1 aromatic carbocycles. The first kappa shape index (κ1) is 18.7. The summed E-state index contributed by atoms with van der Waals surface area (Å²) in [6.07, 6.45) is 1.17. The monoisotopic (exact) mass is 362 g/mol. The van der Waals surface area contributed by atoms with Gasteiger partial charge in [-0.05, 0) is 37.6 Å². The van der Waals surface area contributed by atoms with E-state index in [2.05, 4.69) is 10.3 Å². The van der Waals surface area contributed by atoms with Crippen molar-refractivity contribution in [3.63, 3.8) is 0 Å². The molecule has 1 atom stereocenters. The summed E-state index contributed by atoms with van der Waals surface area (Å²) < 4.78 is 10.6. The molecule has 0 saturated carbocycles. The fraction of sp³-hybridized carbons (Fsp3) is 0.278. The number of rotatable bonds is 8. The van der Waals surface area contributed by atoms with Crippen molar-refractivity contribution in [2.75, 3.05) is 11.9 Å². The number of carbonyl (C=O) groups excluding carboxylic acids is 2. The van der Waals surface area contributed by atoms with Crippen LogP contribution in [0, 0.1) is 0 Å². The van der Waals surface area contributed by atoms with Crippen molar-refractivity contribution in [3.8, 4) is 5.75 Å². The second-order valence-electron chi connectivity index (χ2n) is 5.25. The largest absolute Gasteiger partial charge is 0.494 e. The summed E-state index contributed by atoms with van der Waals surface area (Å²) in [7, 11) is 0. The Morgan fingerprint density at radius 2 is 1.96 bits per heavy atom. The molecule has 0 radical (unpaired) electrons. The molecule has 1 N–H and O–H groups in total. The van der Waals surface area contributed by atoms with Crippen molar-refractivity contribution < 1.29 is 19.1 Å². The number of hydrogen-bond acceptors (Lipinski definition) is 5. The normalized spacial score (nSPS) is 11.4. The van der Waals surface area contributed by atoms with E-state index >= 15 is 0 Å². The van der Waals surface area contributed by atoms with Gasteiger partial charge >= 0.3 is 5.97 Å². The van der Waals surface area contributed by atoms with Gasteiger partial charge in [0.2, 0.25) is 0 Å². The molecule has 0 spiro atoms. The number of benzene rings is 1. The van der Waals surface area contributed by atoms with Crippen molar-refractivity contribution >= 4 is 29.3 Å². The molecule has 25 heavy (non-hydrogen) atoms. The molecule has 1 heterocycles. The molecule has 1 aromatic heterocycles. The number of pyridine rings is 1. The zero-order valence-corrected chi connectivity index (χ0v) is 14.5. The lowest BCUT2D eigenvalue weighted by Crippen LogP contribution is -2.30. The first-order chi connectivity index (χ1) is 12.0. The number of carbonyl (C=O) groups is 2. The minimum atomic E-state index is -0.917. The predicted octanol–water partition coefficient (Wildman–Crippen LogP) is 3.46. The molecule has 0 saturated heterocycles. The molecule has 1 amide bonds. The number of para-hydroxylation sites is 1. The Bertz CT molecular complexity index is 692. The Morgan fingerprint density at radius 3 is 2.64 bits per heavy atom. The average Bonchev–Trinajstić information content (AvgIpc) is 2.61. The number of ether oxygens (including phenoxy) is 2. The van der Waals surface area contributed by atoms with Gasteiger partial charge in [-0.15, -0.1) is 0 Å². The van der Waals surface area contributed by atoms with E-state index in [1.54, 1.807) is 12.1 Å². The van der Waals surface area contributed by atoms with E-state index < -0.39 is 18.0 Å². The van der Waals surface area contributed by atoms with Crippen LogP contribution in [0.4, 0.5) is 5.82 Å². The van der Waals surface area contributed by atoms with Gasteiger partial charge in [0.1, 0.15) is 11.6 Å². The van der Waals surface area contributed by atoms with E-state index in [1.807, 2.05) is 30.3 Å². The van der Waals surface area contributed by atoms with Gasteiger partial charge in [-0.2, -0.15) is 0 Å². The molecule has 0 aliphatic carbocycles. The second-order valence-corrected chi connectivity index (χ2v) is 5.68. The molecule has 132 valence electrons. The van der Waals surface area contributed by atoms with Crippen LogP contribution in [-0.4, -0.2) is 29.6 Å². The third kappa shape index (κ3) is 6.81. The molecular formula is C18H19ClN2O4. The fourth-order valence-corrected chi connectivity index (χ4v) is 2.02. The molecular weight excluding hydrogens is 344 g/mol. The molecule has 0 bridgehead atoms. The van der Waals surface area contributed by atoms with E-state index in [1.165, 1.54) is 13.1 Å². The third-order valence-corrected chi connectivity index (χ3v) is 3.42. The molecule has 0 aliphatic heterocycles. The van der Waals surface area contributed by atoms with Crippen molar-refractivity contribution in [2.45, 2.75) is 25.9 Å². The minimum absolute atomic E-state index is 0.170. The van der Waals surface area contributed by atoms with Crippen LogP contribution in [0.25, 0.3) is 0 Å². The van der Waals surface area contributed by atoms with Gasteiger partial charge in [0, 0.05) is 12.6 Å².